The molecular weight excluding hydrogens is 395 g/mol. The molecule has 0 atom stereocenters. The lowest BCUT2D eigenvalue weighted by atomic mass is 10.2. The van der Waals surface area contributed by atoms with Crippen LogP contribution in [-0.2, 0) is 10.0 Å². The van der Waals surface area contributed by atoms with Crippen molar-refractivity contribution in [3.8, 4) is 0 Å². The lowest BCUT2D eigenvalue weighted by molar-refractivity contribution is 0.102. The van der Waals surface area contributed by atoms with Gasteiger partial charge in [-0.25, -0.2) is 12.7 Å². The quantitative estimate of drug-likeness (QED) is 0.828. The van der Waals surface area contributed by atoms with E-state index in [-0.39, 0.29) is 31.2 Å². The van der Waals surface area contributed by atoms with Crippen LogP contribution in [0, 0.1) is 0 Å². The summed E-state index contributed by atoms with van der Waals surface area (Å²) in [4.78, 5) is 12.2. The normalized spacial score (nSPS) is 11.6. The van der Waals surface area contributed by atoms with E-state index in [0.29, 0.717) is 0 Å². The average Bonchev–Trinajstić information content (AvgIpc) is 2.51. The van der Waals surface area contributed by atoms with E-state index in [2.05, 4.69) is 5.32 Å². The lowest BCUT2D eigenvalue weighted by Crippen LogP contribution is -2.23. The van der Waals surface area contributed by atoms with Crippen LogP contribution in [0.25, 0.3) is 0 Å². The fourth-order valence-corrected chi connectivity index (χ4v) is 3.63. The van der Waals surface area contributed by atoms with Crippen LogP contribution in [0.2, 0.25) is 15.1 Å². The fourth-order valence-electron chi connectivity index (χ4n) is 1.85. The molecule has 1 amide bonds. The predicted molar refractivity (Wildman–Crippen MR) is 96.7 cm³/mol. The molecule has 2 rings (SSSR count). The summed E-state index contributed by atoms with van der Waals surface area (Å²) in [6.07, 6.45) is 0. The smallest absolute Gasteiger partial charge is 0.257 e. The van der Waals surface area contributed by atoms with Crippen LogP contribution in [-0.4, -0.2) is 32.7 Å². The van der Waals surface area contributed by atoms with Gasteiger partial charge in [-0.2, -0.15) is 0 Å². The monoisotopic (exact) mass is 406 g/mol. The molecule has 0 saturated carbocycles. The molecule has 0 aliphatic rings. The van der Waals surface area contributed by atoms with Gasteiger partial charge in [0.05, 0.1) is 20.6 Å². The van der Waals surface area contributed by atoms with E-state index in [4.69, 9.17) is 34.8 Å². The number of benzene rings is 2. The Morgan fingerprint density at radius 3 is 2.33 bits per heavy atom. The zero-order chi connectivity index (χ0) is 18.1. The van der Waals surface area contributed by atoms with Crippen molar-refractivity contribution < 1.29 is 13.2 Å². The number of nitrogens with zero attached hydrogens (tertiary/aromatic N) is 1. The van der Waals surface area contributed by atoms with E-state index in [1.54, 1.807) is 12.1 Å². The Morgan fingerprint density at radius 2 is 1.71 bits per heavy atom. The van der Waals surface area contributed by atoms with Gasteiger partial charge in [-0.3, -0.25) is 4.79 Å². The molecule has 0 heterocycles. The highest BCUT2D eigenvalue weighted by Gasteiger charge is 2.22. The molecule has 0 radical (unpaired) electrons. The second kappa shape index (κ2) is 7.29. The molecule has 2 aromatic carbocycles. The third-order valence-electron chi connectivity index (χ3n) is 3.14. The zero-order valence-electron chi connectivity index (χ0n) is 12.7. The Morgan fingerprint density at radius 1 is 1.04 bits per heavy atom. The molecule has 9 heteroatoms. The van der Waals surface area contributed by atoms with Crippen LogP contribution >= 0.6 is 34.8 Å². The number of nitrogens with one attached hydrogen (secondary N) is 1. The summed E-state index contributed by atoms with van der Waals surface area (Å²) in [6, 6.07) is 8.84. The Kier molecular flexibility index (Phi) is 5.78. The summed E-state index contributed by atoms with van der Waals surface area (Å²) in [7, 11) is -0.959. The third-order valence-corrected chi connectivity index (χ3v) is 6.26. The van der Waals surface area contributed by atoms with Crippen molar-refractivity contribution in [3.05, 3.63) is 57.0 Å². The number of sulfonamides is 1. The highest BCUT2D eigenvalue weighted by Crippen LogP contribution is 2.29. The summed E-state index contributed by atoms with van der Waals surface area (Å²) in [6.45, 7) is 0. The van der Waals surface area contributed by atoms with Gasteiger partial charge in [0.25, 0.3) is 5.91 Å². The Labute approximate surface area is 155 Å². The summed E-state index contributed by atoms with van der Waals surface area (Å²) in [5.41, 5.74) is 0.442. The van der Waals surface area contributed by atoms with Crippen molar-refractivity contribution in [2.24, 2.45) is 0 Å². The maximum Gasteiger partial charge on any atom is 0.257 e. The molecule has 5 nitrogen and oxygen atoms in total. The SMILES string of the molecule is CN(C)S(=O)(=O)c1cc(NC(=O)c2cccc(Cl)c2Cl)ccc1Cl. The van der Waals surface area contributed by atoms with Gasteiger partial charge in [0, 0.05) is 19.8 Å². The molecular formula is C15H13Cl3N2O3S. The van der Waals surface area contributed by atoms with Gasteiger partial charge in [0.15, 0.2) is 0 Å². The van der Waals surface area contributed by atoms with Gasteiger partial charge in [-0.1, -0.05) is 40.9 Å². The molecule has 0 aromatic heterocycles. The van der Waals surface area contributed by atoms with Crippen molar-refractivity contribution in [1.29, 1.82) is 0 Å². The molecule has 24 heavy (non-hydrogen) atoms. The van der Waals surface area contributed by atoms with Gasteiger partial charge >= 0.3 is 0 Å². The van der Waals surface area contributed by atoms with Gasteiger partial charge in [0.1, 0.15) is 4.90 Å². The summed E-state index contributed by atoms with van der Waals surface area (Å²) in [5.74, 6) is -0.516. The van der Waals surface area contributed by atoms with Gasteiger partial charge < -0.3 is 5.32 Å². The van der Waals surface area contributed by atoms with Crippen LogP contribution in [0.5, 0.6) is 0 Å². The highest BCUT2D eigenvalue weighted by atomic mass is 35.5. The maximum absolute atomic E-state index is 12.3. The van der Waals surface area contributed by atoms with Crippen molar-refractivity contribution in [2.75, 3.05) is 19.4 Å². The van der Waals surface area contributed by atoms with E-state index >= 15 is 0 Å². The predicted octanol–water partition coefficient (Wildman–Crippen LogP) is 4.15. The molecule has 2 aromatic rings. The molecule has 0 unspecified atom stereocenters. The zero-order valence-corrected chi connectivity index (χ0v) is 15.8. The maximum atomic E-state index is 12.3. The topological polar surface area (TPSA) is 66.5 Å². The molecule has 128 valence electrons. The van der Waals surface area contributed by atoms with Gasteiger partial charge in [-0.05, 0) is 30.3 Å². The molecule has 0 saturated heterocycles. The summed E-state index contributed by atoms with van der Waals surface area (Å²) < 4.78 is 25.5. The Hall–Kier alpha value is -1.31. The molecule has 0 spiro atoms. The van der Waals surface area contributed by atoms with Gasteiger partial charge in [-0.15, -0.1) is 0 Å². The van der Waals surface area contributed by atoms with E-state index in [0.717, 1.165) is 4.31 Å². The number of carbonyl (C=O) groups excluding carboxylic acids is 1. The van der Waals surface area contributed by atoms with Crippen LogP contribution < -0.4 is 5.32 Å². The summed E-state index contributed by atoms with van der Waals surface area (Å²) in [5, 5.41) is 3.00. The fraction of sp³-hybridized carbons (Fsp3) is 0.133. The van der Waals surface area contributed by atoms with Crippen molar-refractivity contribution in [3.63, 3.8) is 0 Å². The Balaban J connectivity index is 2.38. The highest BCUT2D eigenvalue weighted by molar-refractivity contribution is 7.89. The number of amides is 1. The minimum Gasteiger partial charge on any atom is -0.322 e. The molecule has 1 N–H and O–H groups in total. The molecule has 0 aliphatic heterocycles. The van der Waals surface area contributed by atoms with Crippen LogP contribution in [0.3, 0.4) is 0 Å². The van der Waals surface area contributed by atoms with Crippen molar-refractivity contribution in [2.45, 2.75) is 4.90 Å². The van der Waals surface area contributed by atoms with Crippen LogP contribution in [0.15, 0.2) is 41.3 Å². The minimum atomic E-state index is -3.74. The van der Waals surface area contributed by atoms with Crippen LogP contribution in [0.4, 0.5) is 5.69 Å². The van der Waals surface area contributed by atoms with Gasteiger partial charge in [0.2, 0.25) is 10.0 Å². The van der Waals surface area contributed by atoms with Crippen LogP contribution in [0.1, 0.15) is 10.4 Å². The second-order valence-corrected chi connectivity index (χ2v) is 8.30. The standard InChI is InChI=1S/C15H13Cl3N2O3S/c1-20(2)24(22,23)13-8-9(6-7-11(13)16)19-15(21)10-4-3-5-12(17)14(10)18/h3-8H,1-2H3,(H,19,21). The first-order valence-corrected chi connectivity index (χ1v) is 9.19. The molecule has 0 bridgehead atoms. The van der Waals surface area contributed by atoms with Crippen molar-refractivity contribution in [1.82, 2.24) is 4.31 Å². The van der Waals surface area contributed by atoms with E-state index in [1.165, 1.54) is 38.4 Å². The minimum absolute atomic E-state index is 0.0579. The molecule has 0 aliphatic carbocycles. The first kappa shape index (κ1) is 19.0. The number of rotatable bonds is 4. The van der Waals surface area contributed by atoms with E-state index in [9.17, 15) is 13.2 Å². The summed E-state index contributed by atoms with van der Waals surface area (Å²) >= 11 is 17.9. The number of hydrogen-bond acceptors (Lipinski definition) is 3. The first-order chi connectivity index (χ1) is 11.1. The number of anilines is 1. The third kappa shape index (κ3) is 3.84. The number of hydrogen-bond donors (Lipinski definition) is 1. The Bertz CT molecular complexity index is 899. The lowest BCUT2D eigenvalue weighted by Gasteiger charge is -2.14. The molecule has 0 fully saturated rings. The largest absolute Gasteiger partial charge is 0.322 e. The number of carbonyl (C=O) groups is 1. The van der Waals surface area contributed by atoms with E-state index < -0.39 is 15.9 Å². The first-order valence-electron chi connectivity index (χ1n) is 6.62. The van der Waals surface area contributed by atoms with Crippen molar-refractivity contribution >= 4 is 56.4 Å². The number of halogens is 3. The van der Waals surface area contributed by atoms with E-state index in [1.807, 2.05) is 0 Å². The average molecular weight is 408 g/mol. The second-order valence-electron chi connectivity index (χ2n) is 4.99.